The minimum Gasteiger partial charge on any atom is -0.497 e. The number of methoxy groups -OCH3 is 1. The fraction of sp³-hybridized carbons (Fsp3) is 0.333. The molecule has 8 nitrogen and oxygen atoms in total. The van der Waals surface area contributed by atoms with Crippen molar-refractivity contribution in [2.24, 2.45) is 0 Å². The molecule has 8 heteroatoms. The molecule has 1 heterocycles. The average molecular weight is 395 g/mol. The van der Waals surface area contributed by atoms with E-state index >= 15 is 0 Å². The summed E-state index contributed by atoms with van der Waals surface area (Å²) in [6.45, 7) is 4.75. The fourth-order valence-corrected chi connectivity index (χ4v) is 2.83. The van der Waals surface area contributed by atoms with Gasteiger partial charge >= 0.3 is 0 Å². The third kappa shape index (κ3) is 5.54. The number of carbonyl (C=O) groups excluding carboxylic acids is 1. The summed E-state index contributed by atoms with van der Waals surface area (Å²) in [7, 11) is 1.64. The first-order valence-electron chi connectivity index (χ1n) is 9.47. The first kappa shape index (κ1) is 20.3. The molecule has 3 aromatic rings. The van der Waals surface area contributed by atoms with Gasteiger partial charge in [-0.15, -0.1) is 5.10 Å². The largest absolute Gasteiger partial charge is 0.497 e. The Morgan fingerprint density at radius 3 is 2.72 bits per heavy atom. The summed E-state index contributed by atoms with van der Waals surface area (Å²) in [4.78, 5) is 12.5. The first-order chi connectivity index (χ1) is 14.1. The highest BCUT2D eigenvalue weighted by Crippen LogP contribution is 2.16. The zero-order valence-electron chi connectivity index (χ0n) is 16.8. The third-order valence-corrected chi connectivity index (χ3v) is 4.35. The summed E-state index contributed by atoms with van der Waals surface area (Å²) in [5, 5.41) is 14.5. The number of nitrogens with one attached hydrogen (secondary N) is 1. The topological polar surface area (TPSA) is 91.2 Å². The van der Waals surface area contributed by atoms with Gasteiger partial charge in [-0.1, -0.05) is 18.2 Å². The third-order valence-electron chi connectivity index (χ3n) is 4.35. The van der Waals surface area contributed by atoms with Gasteiger partial charge in [-0.3, -0.25) is 4.79 Å². The standard InChI is InChI=1S/C21H25N5O3/c1-15(2)26-20(23-24-25-26)14-29-19-9-5-7-17(13-19)21(27)22-11-10-16-6-4-8-18(12-16)28-3/h4-9,12-13,15H,10-11,14H2,1-3H3,(H,22,27). The van der Waals surface area contributed by atoms with Crippen LogP contribution >= 0.6 is 0 Å². The highest BCUT2D eigenvalue weighted by molar-refractivity contribution is 5.94. The lowest BCUT2D eigenvalue weighted by molar-refractivity contribution is 0.0953. The molecule has 1 amide bonds. The Morgan fingerprint density at radius 1 is 1.14 bits per heavy atom. The predicted octanol–water partition coefficient (Wildman–Crippen LogP) is 2.81. The monoisotopic (exact) mass is 395 g/mol. The van der Waals surface area contributed by atoms with Gasteiger partial charge in [0.1, 0.15) is 18.1 Å². The van der Waals surface area contributed by atoms with Crippen LogP contribution in [0.2, 0.25) is 0 Å². The lowest BCUT2D eigenvalue weighted by atomic mass is 10.1. The second-order valence-electron chi connectivity index (χ2n) is 6.81. The van der Waals surface area contributed by atoms with Crippen molar-refractivity contribution in [2.45, 2.75) is 32.9 Å². The molecule has 3 rings (SSSR count). The molecule has 0 aliphatic rings. The molecule has 0 saturated heterocycles. The maximum absolute atomic E-state index is 12.5. The number of rotatable bonds is 9. The molecule has 0 unspecified atom stereocenters. The van der Waals surface area contributed by atoms with Crippen LogP contribution in [0.1, 0.15) is 41.6 Å². The average Bonchev–Trinajstić information content (AvgIpc) is 3.21. The molecular weight excluding hydrogens is 370 g/mol. The van der Waals surface area contributed by atoms with E-state index in [2.05, 4.69) is 20.8 Å². The Morgan fingerprint density at radius 2 is 1.93 bits per heavy atom. The van der Waals surface area contributed by atoms with E-state index in [4.69, 9.17) is 9.47 Å². The summed E-state index contributed by atoms with van der Waals surface area (Å²) in [6, 6.07) is 15.0. The summed E-state index contributed by atoms with van der Waals surface area (Å²) < 4.78 is 12.7. The van der Waals surface area contributed by atoms with Gasteiger partial charge in [0.25, 0.3) is 5.91 Å². The van der Waals surface area contributed by atoms with Crippen LogP contribution in [0.5, 0.6) is 11.5 Å². The quantitative estimate of drug-likeness (QED) is 0.599. The zero-order valence-corrected chi connectivity index (χ0v) is 16.8. The number of hydrogen-bond donors (Lipinski definition) is 1. The maximum atomic E-state index is 12.5. The van der Waals surface area contributed by atoms with Gasteiger partial charge in [-0.05, 0) is 66.6 Å². The number of benzene rings is 2. The second-order valence-corrected chi connectivity index (χ2v) is 6.81. The number of nitrogens with zero attached hydrogens (tertiary/aromatic N) is 4. The highest BCUT2D eigenvalue weighted by atomic mass is 16.5. The summed E-state index contributed by atoms with van der Waals surface area (Å²) in [6.07, 6.45) is 0.719. The van der Waals surface area contributed by atoms with Crippen molar-refractivity contribution in [2.75, 3.05) is 13.7 Å². The molecule has 1 N–H and O–H groups in total. The number of carbonyl (C=O) groups is 1. The van der Waals surface area contributed by atoms with Crippen molar-refractivity contribution in [1.82, 2.24) is 25.5 Å². The molecule has 0 radical (unpaired) electrons. The van der Waals surface area contributed by atoms with Crippen LogP contribution in [-0.2, 0) is 13.0 Å². The number of aromatic nitrogens is 4. The van der Waals surface area contributed by atoms with Crippen molar-refractivity contribution in [3.05, 3.63) is 65.5 Å². The Balaban J connectivity index is 1.54. The molecule has 0 atom stereocenters. The lowest BCUT2D eigenvalue weighted by Gasteiger charge is -2.10. The Bertz CT molecular complexity index is 955. The van der Waals surface area contributed by atoms with E-state index in [1.807, 2.05) is 38.1 Å². The van der Waals surface area contributed by atoms with Gasteiger partial charge in [0, 0.05) is 12.1 Å². The van der Waals surface area contributed by atoms with E-state index in [9.17, 15) is 4.79 Å². The molecule has 29 heavy (non-hydrogen) atoms. The minimum absolute atomic E-state index is 0.144. The highest BCUT2D eigenvalue weighted by Gasteiger charge is 2.11. The van der Waals surface area contributed by atoms with Crippen LogP contribution in [0.4, 0.5) is 0 Å². The number of amides is 1. The van der Waals surface area contributed by atoms with Gasteiger partial charge < -0.3 is 14.8 Å². The van der Waals surface area contributed by atoms with Crippen molar-refractivity contribution in [3.63, 3.8) is 0 Å². The zero-order chi connectivity index (χ0) is 20.6. The first-order valence-corrected chi connectivity index (χ1v) is 9.47. The molecule has 0 bridgehead atoms. The van der Waals surface area contributed by atoms with Gasteiger partial charge in [0.15, 0.2) is 5.82 Å². The second kappa shape index (κ2) is 9.68. The van der Waals surface area contributed by atoms with E-state index in [-0.39, 0.29) is 18.6 Å². The number of hydrogen-bond acceptors (Lipinski definition) is 6. The smallest absolute Gasteiger partial charge is 0.251 e. The lowest BCUT2D eigenvalue weighted by Crippen LogP contribution is -2.25. The molecule has 0 aliphatic heterocycles. The molecule has 152 valence electrons. The van der Waals surface area contributed by atoms with E-state index in [0.717, 1.165) is 17.7 Å². The van der Waals surface area contributed by atoms with E-state index in [1.54, 1.807) is 36.1 Å². The number of ether oxygens (including phenoxy) is 2. The molecule has 0 spiro atoms. The summed E-state index contributed by atoms with van der Waals surface area (Å²) >= 11 is 0. The van der Waals surface area contributed by atoms with Crippen LogP contribution in [0, 0.1) is 0 Å². The molecule has 0 saturated carbocycles. The maximum Gasteiger partial charge on any atom is 0.251 e. The molecule has 0 fully saturated rings. The van der Waals surface area contributed by atoms with Gasteiger partial charge in [-0.25, -0.2) is 4.68 Å². The van der Waals surface area contributed by atoms with Crippen LogP contribution in [-0.4, -0.2) is 39.8 Å². The summed E-state index contributed by atoms with van der Waals surface area (Å²) in [5.41, 5.74) is 1.64. The molecule has 2 aromatic carbocycles. The Hall–Kier alpha value is -3.42. The van der Waals surface area contributed by atoms with Crippen LogP contribution in [0.15, 0.2) is 48.5 Å². The predicted molar refractivity (Wildman–Crippen MR) is 108 cm³/mol. The van der Waals surface area contributed by atoms with Crippen LogP contribution in [0.25, 0.3) is 0 Å². The van der Waals surface area contributed by atoms with E-state index < -0.39 is 0 Å². The molecule has 1 aromatic heterocycles. The fourth-order valence-electron chi connectivity index (χ4n) is 2.83. The van der Waals surface area contributed by atoms with Crippen LogP contribution < -0.4 is 14.8 Å². The number of tetrazole rings is 1. The van der Waals surface area contributed by atoms with Crippen molar-refractivity contribution < 1.29 is 14.3 Å². The van der Waals surface area contributed by atoms with E-state index in [0.29, 0.717) is 23.7 Å². The Labute approximate surface area is 169 Å². The van der Waals surface area contributed by atoms with Gasteiger partial charge in [0.05, 0.1) is 13.2 Å². The summed E-state index contributed by atoms with van der Waals surface area (Å²) in [5.74, 6) is 1.88. The molecular formula is C21H25N5O3. The van der Waals surface area contributed by atoms with Gasteiger partial charge in [-0.2, -0.15) is 0 Å². The normalized spacial score (nSPS) is 10.8. The van der Waals surface area contributed by atoms with E-state index in [1.165, 1.54) is 0 Å². The molecule has 0 aliphatic carbocycles. The SMILES string of the molecule is COc1cccc(CCNC(=O)c2cccc(OCc3nnnn3C(C)C)c2)c1. The van der Waals surface area contributed by atoms with Crippen molar-refractivity contribution in [3.8, 4) is 11.5 Å². The Kier molecular flexibility index (Phi) is 6.78. The van der Waals surface area contributed by atoms with Crippen molar-refractivity contribution in [1.29, 1.82) is 0 Å². The van der Waals surface area contributed by atoms with Crippen LogP contribution in [0.3, 0.4) is 0 Å². The van der Waals surface area contributed by atoms with Crippen molar-refractivity contribution >= 4 is 5.91 Å². The van der Waals surface area contributed by atoms with Gasteiger partial charge in [0.2, 0.25) is 0 Å². The minimum atomic E-state index is -0.148.